The van der Waals surface area contributed by atoms with Gasteiger partial charge in [0.15, 0.2) is 0 Å². The van der Waals surface area contributed by atoms with Gasteiger partial charge < -0.3 is 9.84 Å². The average molecular weight is 184 g/mol. The number of methoxy groups -OCH3 is 1. The summed E-state index contributed by atoms with van der Waals surface area (Å²) in [7, 11) is 1.56. The van der Waals surface area contributed by atoms with Crippen molar-refractivity contribution in [2.24, 2.45) is 0 Å². The van der Waals surface area contributed by atoms with Crippen LogP contribution in [0.25, 0.3) is 0 Å². The first kappa shape index (κ1) is 9.99. The first-order valence-corrected chi connectivity index (χ1v) is 4.03. The molecule has 1 aromatic rings. The third-order valence-electron chi connectivity index (χ3n) is 1.97. The van der Waals surface area contributed by atoms with Gasteiger partial charge in [-0.05, 0) is 24.6 Å². The molecule has 1 aromatic carbocycles. The van der Waals surface area contributed by atoms with Crippen molar-refractivity contribution in [3.05, 3.63) is 29.8 Å². The molecule has 0 radical (unpaired) electrons. The zero-order chi connectivity index (χ0) is 9.90. The minimum atomic E-state index is -1.40. The van der Waals surface area contributed by atoms with E-state index in [-0.39, 0.29) is 0 Å². The normalized spacial score (nSPS) is 15.1. The summed E-state index contributed by atoms with van der Waals surface area (Å²) in [4.78, 5) is 0. The number of halogens is 1. The van der Waals surface area contributed by atoms with E-state index in [1.807, 2.05) is 0 Å². The van der Waals surface area contributed by atoms with Crippen LogP contribution >= 0.6 is 0 Å². The molecule has 72 valence electrons. The minimum Gasteiger partial charge on any atom is -0.497 e. The molecule has 1 rings (SSSR count). The number of rotatable bonds is 3. The maximum Gasteiger partial charge on any atom is 0.122 e. The summed E-state index contributed by atoms with van der Waals surface area (Å²) in [6, 6.07) is 6.69. The minimum absolute atomic E-state index is 0.552. The van der Waals surface area contributed by atoms with E-state index in [0.717, 1.165) is 0 Å². The van der Waals surface area contributed by atoms with E-state index in [2.05, 4.69) is 0 Å². The number of aliphatic hydroxyl groups is 1. The van der Waals surface area contributed by atoms with Gasteiger partial charge in [-0.25, -0.2) is 4.39 Å². The molecule has 1 N–H and O–H groups in total. The monoisotopic (exact) mass is 184 g/mol. The van der Waals surface area contributed by atoms with Crippen molar-refractivity contribution in [2.75, 3.05) is 13.8 Å². The fourth-order valence-corrected chi connectivity index (χ4v) is 1.03. The van der Waals surface area contributed by atoms with Gasteiger partial charge in [0.1, 0.15) is 18.0 Å². The fourth-order valence-electron chi connectivity index (χ4n) is 1.03. The zero-order valence-corrected chi connectivity index (χ0v) is 7.75. The third kappa shape index (κ3) is 2.18. The first-order chi connectivity index (χ1) is 6.10. The Bertz CT molecular complexity index is 267. The highest BCUT2D eigenvalue weighted by Crippen LogP contribution is 2.23. The lowest BCUT2D eigenvalue weighted by Crippen LogP contribution is -2.23. The molecule has 0 aliphatic carbocycles. The summed E-state index contributed by atoms with van der Waals surface area (Å²) in [6.45, 7) is 0.647. The Kier molecular flexibility index (Phi) is 2.88. The molecule has 0 saturated carbocycles. The molecule has 0 amide bonds. The van der Waals surface area contributed by atoms with Gasteiger partial charge in [0.25, 0.3) is 0 Å². The number of benzene rings is 1. The molecular weight excluding hydrogens is 171 g/mol. The second-order valence-corrected chi connectivity index (χ2v) is 3.14. The summed E-state index contributed by atoms with van der Waals surface area (Å²) in [5, 5.41) is 9.54. The van der Waals surface area contributed by atoms with Crippen LogP contribution in [0.15, 0.2) is 24.3 Å². The molecule has 0 fully saturated rings. The molecular formula is C10H13FO2. The molecule has 0 spiro atoms. The molecule has 2 nitrogen and oxygen atoms in total. The number of alkyl halides is 1. The summed E-state index contributed by atoms with van der Waals surface area (Å²) in [5.41, 5.74) is -0.845. The van der Waals surface area contributed by atoms with Gasteiger partial charge in [-0.2, -0.15) is 0 Å². The predicted octanol–water partition coefficient (Wildman–Crippen LogP) is 1.87. The van der Waals surface area contributed by atoms with Crippen molar-refractivity contribution in [2.45, 2.75) is 12.5 Å². The Labute approximate surface area is 77.0 Å². The van der Waals surface area contributed by atoms with Crippen LogP contribution in [0, 0.1) is 0 Å². The second kappa shape index (κ2) is 3.75. The number of hydrogen-bond donors (Lipinski definition) is 1. The van der Waals surface area contributed by atoms with Crippen molar-refractivity contribution >= 4 is 0 Å². The van der Waals surface area contributed by atoms with Crippen molar-refractivity contribution in [1.29, 1.82) is 0 Å². The van der Waals surface area contributed by atoms with E-state index in [1.165, 1.54) is 6.92 Å². The molecule has 0 aliphatic heterocycles. The van der Waals surface area contributed by atoms with Crippen LogP contribution in [-0.4, -0.2) is 18.9 Å². The van der Waals surface area contributed by atoms with Gasteiger partial charge in [-0.3, -0.25) is 0 Å². The Morgan fingerprint density at radius 1 is 1.38 bits per heavy atom. The lowest BCUT2D eigenvalue weighted by molar-refractivity contribution is 0.0299. The first-order valence-electron chi connectivity index (χ1n) is 4.03. The third-order valence-corrected chi connectivity index (χ3v) is 1.97. The molecule has 0 bridgehead atoms. The van der Waals surface area contributed by atoms with Crippen molar-refractivity contribution in [1.82, 2.24) is 0 Å². The highest BCUT2D eigenvalue weighted by molar-refractivity contribution is 5.30. The lowest BCUT2D eigenvalue weighted by Gasteiger charge is -2.19. The smallest absolute Gasteiger partial charge is 0.122 e. The largest absolute Gasteiger partial charge is 0.497 e. The number of ether oxygens (including phenoxy) is 1. The second-order valence-electron chi connectivity index (χ2n) is 3.14. The molecule has 3 heteroatoms. The fraction of sp³-hybridized carbons (Fsp3) is 0.400. The van der Waals surface area contributed by atoms with E-state index in [0.29, 0.717) is 11.3 Å². The van der Waals surface area contributed by atoms with E-state index in [4.69, 9.17) is 4.74 Å². The van der Waals surface area contributed by atoms with E-state index in [1.54, 1.807) is 31.4 Å². The van der Waals surface area contributed by atoms with Crippen LogP contribution < -0.4 is 4.74 Å². The van der Waals surface area contributed by atoms with Crippen LogP contribution in [0.1, 0.15) is 12.5 Å². The summed E-state index contributed by atoms with van der Waals surface area (Å²) >= 11 is 0. The van der Waals surface area contributed by atoms with Crippen LogP contribution in [0.3, 0.4) is 0 Å². The van der Waals surface area contributed by atoms with Gasteiger partial charge in [-0.15, -0.1) is 0 Å². The summed E-state index contributed by atoms with van der Waals surface area (Å²) < 4.78 is 17.3. The molecule has 0 aromatic heterocycles. The zero-order valence-electron chi connectivity index (χ0n) is 7.75. The molecule has 1 unspecified atom stereocenters. The SMILES string of the molecule is COc1ccc(C(C)(O)CF)cc1. The van der Waals surface area contributed by atoms with Crippen molar-refractivity contribution < 1.29 is 14.2 Å². The Hall–Kier alpha value is -1.09. The lowest BCUT2D eigenvalue weighted by atomic mass is 9.98. The molecule has 0 saturated heterocycles. The van der Waals surface area contributed by atoms with Crippen LogP contribution in [0.4, 0.5) is 4.39 Å². The highest BCUT2D eigenvalue weighted by atomic mass is 19.1. The summed E-state index contributed by atoms with van der Waals surface area (Å²) in [5.74, 6) is 0.693. The maximum absolute atomic E-state index is 12.4. The Morgan fingerprint density at radius 3 is 2.31 bits per heavy atom. The molecule has 0 aliphatic rings. The number of hydrogen-bond acceptors (Lipinski definition) is 2. The van der Waals surface area contributed by atoms with E-state index >= 15 is 0 Å². The van der Waals surface area contributed by atoms with Gasteiger partial charge in [0.2, 0.25) is 0 Å². The molecule has 0 heterocycles. The quantitative estimate of drug-likeness (QED) is 0.777. The van der Waals surface area contributed by atoms with Crippen molar-refractivity contribution in [3.63, 3.8) is 0 Å². The van der Waals surface area contributed by atoms with Crippen LogP contribution in [0.2, 0.25) is 0 Å². The van der Waals surface area contributed by atoms with E-state index < -0.39 is 12.3 Å². The Balaban J connectivity index is 2.92. The molecule has 13 heavy (non-hydrogen) atoms. The maximum atomic E-state index is 12.4. The van der Waals surface area contributed by atoms with Gasteiger partial charge in [0.05, 0.1) is 7.11 Å². The Morgan fingerprint density at radius 2 is 1.92 bits per heavy atom. The van der Waals surface area contributed by atoms with Gasteiger partial charge in [-0.1, -0.05) is 12.1 Å². The van der Waals surface area contributed by atoms with E-state index in [9.17, 15) is 9.50 Å². The van der Waals surface area contributed by atoms with Gasteiger partial charge >= 0.3 is 0 Å². The summed E-state index contributed by atoms with van der Waals surface area (Å²) in [6.07, 6.45) is 0. The highest BCUT2D eigenvalue weighted by Gasteiger charge is 2.22. The molecule has 1 atom stereocenters. The van der Waals surface area contributed by atoms with Crippen LogP contribution in [0.5, 0.6) is 5.75 Å². The predicted molar refractivity (Wildman–Crippen MR) is 48.5 cm³/mol. The average Bonchev–Trinajstić information content (AvgIpc) is 2.18. The standard InChI is InChI=1S/C10H13FO2/c1-10(12,7-11)8-3-5-9(13-2)6-4-8/h3-6,12H,7H2,1-2H3. The topological polar surface area (TPSA) is 29.5 Å². The van der Waals surface area contributed by atoms with Gasteiger partial charge in [0, 0.05) is 0 Å². The van der Waals surface area contributed by atoms with Crippen LogP contribution in [-0.2, 0) is 5.60 Å². The van der Waals surface area contributed by atoms with Crippen molar-refractivity contribution in [3.8, 4) is 5.75 Å².